The van der Waals surface area contributed by atoms with Crippen LogP contribution in [0.4, 0.5) is 0 Å². The summed E-state index contributed by atoms with van der Waals surface area (Å²) in [4.78, 5) is 19.1. The molecule has 6 nitrogen and oxygen atoms in total. The number of hydrogen-bond acceptors (Lipinski definition) is 5. The van der Waals surface area contributed by atoms with E-state index in [4.69, 9.17) is 0 Å². The molecule has 1 amide bonds. The number of benzene rings is 1. The fourth-order valence-electron chi connectivity index (χ4n) is 3.97. The Morgan fingerprint density at radius 1 is 1.03 bits per heavy atom. The summed E-state index contributed by atoms with van der Waals surface area (Å²) in [5.74, 6) is 1.27. The Bertz CT molecular complexity index is 950. The quantitative estimate of drug-likeness (QED) is 0.593. The number of piperidine rings is 1. The summed E-state index contributed by atoms with van der Waals surface area (Å²) in [6.07, 6.45) is 6.83. The van der Waals surface area contributed by atoms with E-state index in [1.54, 1.807) is 12.4 Å². The van der Waals surface area contributed by atoms with Gasteiger partial charge in [-0.3, -0.25) is 14.3 Å². The van der Waals surface area contributed by atoms with E-state index in [0.717, 1.165) is 29.9 Å². The molecule has 1 fully saturated rings. The lowest BCUT2D eigenvalue weighted by Crippen LogP contribution is -2.48. The lowest BCUT2D eigenvalue weighted by Gasteiger charge is -2.39. The van der Waals surface area contributed by atoms with Crippen LogP contribution >= 0.6 is 11.8 Å². The van der Waals surface area contributed by atoms with Gasteiger partial charge in [-0.1, -0.05) is 30.0 Å². The van der Waals surface area contributed by atoms with E-state index in [-0.39, 0.29) is 5.91 Å². The van der Waals surface area contributed by atoms with Gasteiger partial charge in [-0.2, -0.15) is 0 Å². The first-order valence-electron chi connectivity index (χ1n) is 10.0. The molecule has 0 bridgehead atoms. The molecule has 2 aromatic heterocycles. The van der Waals surface area contributed by atoms with Gasteiger partial charge >= 0.3 is 0 Å². The zero-order valence-electron chi connectivity index (χ0n) is 16.7. The Kier molecular flexibility index (Phi) is 5.94. The fraction of sp³-hybridized carbons (Fsp3) is 0.364. The number of carbonyl (C=O) groups excluding carboxylic acids is 1. The van der Waals surface area contributed by atoms with Crippen LogP contribution in [0.5, 0.6) is 0 Å². The van der Waals surface area contributed by atoms with Crippen molar-refractivity contribution in [3.63, 3.8) is 0 Å². The lowest BCUT2D eigenvalue weighted by molar-refractivity contribution is -0.134. The van der Waals surface area contributed by atoms with Crippen LogP contribution in [-0.4, -0.2) is 48.4 Å². The van der Waals surface area contributed by atoms with Crippen molar-refractivity contribution in [3.05, 3.63) is 54.9 Å². The maximum atomic E-state index is 13.0. The predicted molar refractivity (Wildman–Crippen MR) is 115 cm³/mol. The molecule has 0 spiro atoms. The number of carbonyl (C=O) groups is 1. The monoisotopic (exact) mass is 407 g/mol. The summed E-state index contributed by atoms with van der Waals surface area (Å²) in [7, 11) is 0. The Morgan fingerprint density at radius 3 is 2.41 bits per heavy atom. The first-order chi connectivity index (χ1) is 14.1. The average molecular weight is 408 g/mol. The molecule has 0 unspecified atom stereocenters. The second kappa shape index (κ2) is 8.78. The molecule has 2 atom stereocenters. The minimum atomic E-state index is 0.169. The highest BCUT2D eigenvalue weighted by Gasteiger charge is 2.29. The van der Waals surface area contributed by atoms with Gasteiger partial charge in [0.2, 0.25) is 5.91 Å². The highest BCUT2D eigenvalue weighted by molar-refractivity contribution is 7.99. The Labute approximate surface area is 175 Å². The van der Waals surface area contributed by atoms with Crippen LogP contribution in [0, 0.1) is 0 Å². The van der Waals surface area contributed by atoms with Crippen molar-refractivity contribution in [1.29, 1.82) is 0 Å². The Balaban J connectivity index is 1.61. The minimum Gasteiger partial charge on any atom is -0.337 e. The number of rotatable bonds is 5. The highest BCUT2D eigenvalue weighted by atomic mass is 32.2. The number of hydrogen-bond donors (Lipinski definition) is 0. The molecule has 3 aromatic rings. The molecule has 0 radical (unpaired) electrons. The molecule has 1 aromatic carbocycles. The number of thioether (sulfide) groups is 1. The summed E-state index contributed by atoms with van der Waals surface area (Å²) in [5.41, 5.74) is 1.91. The first-order valence-corrected chi connectivity index (χ1v) is 11.0. The van der Waals surface area contributed by atoms with E-state index in [1.807, 2.05) is 51.9 Å². The van der Waals surface area contributed by atoms with Gasteiger partial charge in [-0.25, -0.2) is 0 Å². The second-order valence-corrected chi connectivity index (χ2v) is 8.37. The molecule has 0 aliphatic carbocycles. The summed E-state index contributed by atoms with van der Waals surface area (Å²) in [6, 6.07) is 14.4. The van der Waals surface area contributed by atoms with Gasteiger partial charge in [-0.05, 0) is 57.4 Å². The molecule has 7 heteroatoms. The molecule has 150 valence electrons. The SMILES string of the molecule is C[C@H]1CCC[C@H](C)N1C(=O)CSc1nnc(-c2ccncc2)n1-c1ccccc1. The van der Waals surface area contributed by atoms with E-state index in [2.05, 4.69) is 29.0 Å². The third-order valence-corrected chi connectivity index (χ3v) is 6.31. The molecule has 1 saturated heterocycles. The molecule has 4 rings (SSSR count). The smallest absolute Gasteiger partial charge is 0.233 e. The van der Waals surface area contributed by atoms with Crippen LogP contribution in [0.3, 0.4) is 0 Å². The van der Waals surface area contributed by atoms with Crippen molar-refractivity contribution in [3.8, 4) is 17.1 Å². The van der Waals surface area contributed by atoms with Crippen molar-refractivity contribution in [1.82, 2.24) is 24.6 Å². The maximum Gasteiger partial charge on any atom is 0.233 e. The maximum absolute atomic E-state index is 13.0. The molecule has 0 saturated carbocycles. The van der Waals surface area contributed by atoms with Gasteiger partial charge in [0.25, 0.3) is 0 Å². The molecule has 29 heavy (non-hydrogen) atoms. The van der Waals surface area contributed by atoms with Gasteiger partial charge < -0.3 is 4.90 Å². The van der Waals surface area contributed by atoms with Gasteiger partial charge in [-0.15, -0.1) is 10.2 Å². The topological polar surface area (TPSA) is 63.9 Å². The number of pyridine rings is 1. The standard InChI is InChI=1S/C22H25N5OS/c1-16-7-6-8-17(2)26(16)20(28)15-29-22-25-24-21(18-11-13-23-14-12-18)27(22)19-9-4-3-5-10-19/h3-5,9-14,16-17H,6-8,15H2,1-2H3/t16-,17-/m0/s1. The number of para-hydroxylation sites is 1. The van der Waals surface area contributed by atoms with Crippen LogP contribution in [-0.2, 0) is 4.79 Å². The molecule has 3 heterocycles. The van der Waals surface area contributed by atoms with Crippen LogP contribution < -0.4 is 0 Å². The third-order valence-electron chi connectivity index (χ3n) is 5.39. The number of likely N-dealkylation sites (tertiary alicyclic amines) is 1. The van der Waals surface area contributed by atoms with Crippen molar-refractivity contribution in [2.45, 2.75) is 50.4 Å². The van der Waals surface area contributed by atoms with Crippen LogP contribution in [0.1, 0.15) is 33.1 Å². The zero-order valence-corrected chi connectivity index (χ0v) is 17.5. The van der Waals surface area contributed by atoms with Gasteiger partial charge in [0.05, 0.1) is 5.75 Å². The molecular weight excluding hydrogens is 382 g/mol. The second-order valence-electron chi connectivity index (χ2n) is 7.43. The predicted octanol–water partition coefficient (Wildman–Crippen LogP) is 4.21. The van der Waals surface area contributed by atoms with Gasteiger partial charge in [0.1, 0.15) is 0 Å². The Morgan fingerprint density at radius 2 is 1.72 bits per heavy atom. The van der Waals surface area contributed by atoms with Gasteiger partial charge in [0, 0.05) is 35.7 Å². The van der Waals surface area contributed by atoms with Crippen LogP contribution in [0.2, 0.25) is 0 Å². The fourth-order valence-corrected chi connectivity index (χ4v) is 4.80. The summed E-state index contributed by atoms with van der Waals surface area (Å²) >= 11 is 1.45. The minimum absolute atomic E-state index is 0.169. The van der Waals surface area contributed by atoms with Crippen molar-refractivity contribution < 1.29 is 4.79 Å². The van der Waals surface area contributed by atoms with E-state index in [9.17, 15) is 4.79 Å². The number of amides is 1. The van der Waals surface area contributed by atoms with E-state index < -0.39 is 0 Å². The van der Waals surface area contributed by atoms with Crippen molar-refractivity contribution in [2.24, 2.45) is 0 Å². The first kappa shape index (κ1) is 19.6. The summed E-state index contributed by atoms with van der Waals surface area (Å²) in [5, 5.41) is 9.55. The van der Waals surface area contributed by atoms with Gasteiger partial charge in [0.15, 0.2) is 11.0 Å². The van der Waals surface area contributed by atoms with E-state index in [1.165, 1.54) is 18.2 Å². The molecular formula is C22H25N5OS. The lowest BCUT2D eigenvalue weighted by atomic mass is 9.98. The van der Waals surface area contributed by atoms with Crippen molar-refractivity contribution >= 4 is 17.7 Å². The van der Waals surface area contributed by atoms with Crippen LogP contribution in [0.25, 0.3) is 17.1 Å². The summed E-state index contributed by atoms with van der Waals surface area (Å²) in [6.45, 7) is 4.29. The molecule has 1 aliphatic heterocycles. The normalized spacial score (nSPS) is 19.3. The largest absolute Gasteiger partial charge is 0.337 e. The Hall–Kier alpha value is -2.67. The third kappa shape index (κ3) is 4.19. The average Bonchev–Trinajstić information content (AvgIpc) is 3.17. The van der Waals surface area contributed by atoms with Crippen LogP contribution in [0.15, 0.2) is 60.0 Å². The zero-order chi connectivity index (χ0) is 20.2. The number of aromatic nitrogens is 4. The molecule has 1 aliphatic rings. The van der Waals surface area contributed by atoms with Crippen molar-refractivity contribution in [2.75, 3.05) is 5.75 Å². The highest BCUT2D eigenvalue weighted by Crippen LogP contribution is 2.29. The van der Waals surface area contributed by atoms with E-state index >= 15 is 0 Å². The summed E-state index contributed by atoms with van der Waals surface area (Å²) < 4.78 is 2.01. The number of nitrogens with zero attached hydrogens (tertiary/aromatic N) is 5. The van der Waals surface area contributed by atoms with E-state index in [0.29, 0.717) is 23.0 Å². The molecule has 0 N–H and O–H groups in total.